The van der Waals surface area contributed by atoms with Crippen LogP contribution in [0.4, 0.5) is 0 Å². The van der Waals surface area contributed by atoms with Crippen molar-refractivity contribution in [3.05, 3.63) is 30.3 Å². The molecule has 0 saturated carbocycles. The van der Waals surface area contributed by atoms with Crippen molar-refractivity contribution in [1.29, 1.82) is 0 Å². The molecule has 0 heterocycles. The van der Waals surface area contributed by atoms with E-state index in [1.807, 2.05) is 13.0 Å². The van der Waals surface area contributed by atoms with Gasteiger partial charge in [0, 0.05) is 0 Å². The van der Waals surface area contributed by atoms with Crippen LogP contribution in [0.3, 0.4) is 0 Å². The van der Waals surface area contributed by atoms with Crippen LogP contribution in [0.1, 0.15) is 13.3 Å². The molecule has 0 radical (unpaired) electrons. The zero-order chi connectivity index (χ0) is 9.68. The summed E-state index contributed by atoms with van der Waals surface area (Å²) in [4.78, 5) is 11.2. The van der Waals surface area contributed by atoms with Gasteiger partial charge in [0.05, 0.1) is 0 Å². The number of hydrogen-bond acceptors (Lipinski definition) is 3. The van der Waals surface area contributed by atoms with Crippen molar-refractivity contribution in [1.82, 2.24) is 0 Å². The van der Waals surface area contributed by atoms with Crippen molar-refractivity contribution in [2.75, 3.05) is 0 Å². The van der Waals surface area contributed by atoms with Crippen molar-refractivity contribution in [2.45, 2.75) is 19.4 Å². The molecule has 0 aliphatic carbocycles. The summed E-state index contributed by atoms with van der Waals surface area (Å²) in [7, 11) is 0. The quantitative estimate of drug-likeness (QED) is 0.562. The third-order valence-corrected chi connectivity index (χ3v) is 1.70. The Bertz CT molecular complexity index is 272. The fourth-order valence-electron chi connectivity index (χ4n) is 0.847. The summed E-state index contributed by atoms with van der Waals surface area (Å²) in [5, 5.41) is 0. The van der Waals surface area contributed by atoms with Crippen molar-refractivity contribution in [3.8, 4) is 5.75 Å². The van der Waals surface area contributed by atoms with Gasteiger partial charge in [0.1, 0.15) is 11.8 Å². The van der Waals surface area contributed by atoms with Gasteiger partial charge in [-0.1, -0.05) is 25.1 Å². The molecule has 0 saturated heterocycles. The van der Waals surface area contributed by atoms with Gasteiger partial charge < -0.3 is 10.5 Å². The van der Waals surface area contributed by atoms with Crippen molar-refractivity contribution in [3.63, 3.8) is 0 Å². The van der Waals surface area contributed by atoms with Gasteiger partial charge in [-0.3, -0.25) is 0 Å². The van der Waals surface area contributed by atoms with Crippen LogP contribution in [0.25, 0.3) is 0 Å². The lowest BCUT2D eigenvalue weighted by Crippen LogP contribution is -2.33. The number of para-hydroxylation sites is 1. The average Bonchev–Trinajstić information content (AvgIpc) is 2.18. The van der Waals surface area contributed by atoms with Gasteiger partial charge in [0.25, 0.3) is 0 Å². The van der Waals surface area contributed by atoms with Gasteiger partial charge in [-0.25, -0.2) is 4.79 Å². The number of nitrogens with two attached hydrogens (primary N) is 1. The summed E-state index contributed by atoms with van der Waals surface area (Å²) < 4.78 is 5.00. The van der Waals surface area contributed by atoms with E-state index in [9.17, 15) is 4.79 Å². The summed E-state index contributed by atoms with van der Waals surface area (Å²) in [6.45, 7) is 1.84. The van der Waals surface area contributed by atoms with Crippen LogP contribution in [0.15, 0.2) is 30.3 Å². The molecule has 0 aliphatic rings. The Balaban J connectivity index is 2.55. The maximum absolute atomic E-state index is 11.2. The lowest BCUT2D eigenvalue weighted by Gasteiger charge is -2.08. The Morgan fingerprint density at radius 2 is 2.08 bits per heavy atom. The van der Waals surface area contributed by atoms with Gasteiger partial charge in [0.2, 0.25) is 0 Å². The van der Waals surface area contributed by atoms with Gasteiger partial charge in [0.15, 0.2) is 0 Å². The highest BCUT2D eigenvalue weighted by atomic mass is 16.5. The Hall–Kier alpha value is -1.35. The first-order valence-electron chi connectivity index (χ1n) is 4.26. The number of esters is 1. The molecular formula is C10H13NO2. The number of benzene rings is 1. The van der Waals surface area contributed by atoms with E-state index < -0.39 is 6.04 Å². The molecule has 70 valence electrons. The third kappa shape index (κ3) is 2.87. The molecule has 1 aromatic rings. The molecule has 2 N–H and O–H groups in total. The van der Waals surface area contributed by atoms with Crippen LogP contribution < -0.4 is 10.5 Å². The standard InChI is InChI=1S/C10H13NO2/c1-2-9(11)10(12)13-8-6-4-3-5-7-8/h3-7,9H,2,11H2,1H3/t9-/m1/s1. The predicted octanol–water partition coefficient (Wildman–Crippen LogP) is 1.33. The van der Waals surface area contributed by atoms with Crippen LogP contribution >= 0.6 is 0 Å². The van der Waals surface area contributed by atoms with Gasteiger partial charge in [-0.05, 0) is 18.6 Å². The van der Waals surface area contributed by atoms with E-state index in [1.54, 1.807) is 24.3 Å². The molecule has 0 unspecified atom stereocenters. The van der Waals surface area contributed by atoms with Crippen LogP contribution in [0, 0.1) is 0 Å². The molecule has 1 aromatic carbocycles. The Morgan fingerprint density at radius 1 is 1.46 bits per heavy atom. The minimum atomic E-state index is -0.528. The molecule has 3 nitrogen and oxygen atoms in total. The maximum atomic E-state index is 11.2. The highest BCUT2D eigenvalue weighted by Gasteiger charge is 2.12. The van der Waals surface area contributed by atoms with Crippen molar-refractivity contribution in [2.24, 2.45) is 5.73 Å². The predicted molar refractivity (Wildman–Crippen MR) is 50.3 cm³/mol. The third-order valence-electron chi connectivity index (χ3n) is 1.70. The van der Waals surface area contributed by atoms with Gasteiger partial charge in [-0.15, -0.1) is 0 Å². The second kappa shape index (κ2) is 4.62. The van der Waals surface area contributed by atoms with E-state index in [1.165, 1.54) is 0 Å². The van der Waals surface area contributed by atoms with Crippen molar-refractivity contribution >= 4 is 5.97 Å². The summed E-state index contributed by atoms with van der Waals surface area (Å²) in [6.07, 6.45) is 0.589. The molecule has 13 heavy (non-hydrogen) atoms. The Labute approximate surface area is 77.5 Å². The smallest absolute Gasteiger partial charge is 0.328 e. The van der Waals surface area contributed by atoms with Crippen molar-refractivity contribution < 1.29 is 9.53 Å². The second-order valence-electron chi connectivity index (χ2n) is 2.75. The van der Waals surface area contributed by atoms with Crippen LogP contribution in [0.5, 0.6) is 5.75 Å². The first-order chi connectivity index (χ1) is 6.24. The highest BCUT2D eigenvalue weighted by Crippen LogP contribution is 2.09. The minimum absolute atomic E-state index is 0.381. The Morgan fingerprint density at radius 3 is 2.62 bits per heavy atom. The molecule has 0 aromatic heterocycles. The Kier molecular flexibility index (Phi) is 3.46. The van der Waals surface area contributed by atoms with Crippen LogP contribution in [-0.2, 0) is 4.79 Å². The summed E-state index contributed by atoms with van der Waals surface area (Å²) in [5.41, 5.74) is 5.49. The molecule has 1 atom stereocenters. The topological polar surface area (TPSA) is 52.3 Å². The number of rotatable bonds is 3. The SMILES string of the molecule is CC[C@@H](N)C(=O)Oc1ccccc1. The first-order valence-corrected chi connectivity index (χ1v) is 4.26. The summed E-state index contributed by atoms with van der Waals surface area (Å²) in [5.74, 6) is 0.158. The van der Waals surface area contributed by atoms with E-state index in [0.29, 0.717) is 12.2 Å². The van der Waals surface area contributed by atoms with E-state index in [2.05, 4.69) is 0 Å². The van der Waals surface area contributed by atoms with Crippen LogP contribution in [-0.4, -0.2) is 12.0 Å². The zero-order valence-corrected chi connectivity index (χ0v) is 7.57. The normalized spacial score (nSPS) is 12.2. The molecule has 0 aliphatic heterocycles. The van der Waals surface area contributed by atoms with E-state index >= 15 is 0 Å². The fraction of sp³-hybridized carbons (Fsp3) is 0.300. The van der Waals surface area contributed by atoms with Gasteiger partial charge in [-0.2, -0.15) is 0 Å². The molecule has 1 rings (SSSR count). The molecule has 0 fully saturated rings. The second-order valence-corrected chi connectivity index (χ2v) is 2.75. The molecule has 3 heteroatoms. The highest BCUT2D eigenvalue weighted by molar-refractivity contribution is 5.77. The fourth-order valence-corrected chi connectivity index (χ4v) is 0.847. The zero-order valence-electron chi connectivity index (χ0n) is 7.57. The average molecular weight is 179 g/mol. The van der Waals surface area contributed by atoms with E-state index in [0.717, 1.165) is 0 Å². The number of carbonyl (C=O) groups excluding carboxylic acids is 1. The maximum Gasteiger partial charge on any atom is 0.328 e. The minimum Gasteiger partial charge on any atom is -0.425 e. The summed E-state index contributed by atoms with van der Waals surface area (Å²) >= 11 is 0. The lowest BCUT2D eigenvalue weighted by atomic mass is 10.2. The van der Waals surface area contributed by atoms with E-state index in [4.69, 9.17) is 10.5 Å². The molecule has 0 amide bonds. The number of hydrogen-bond donors (Lipinski definition) is 1. The monoisotopic (exact) mass is 179 g/mol. The molecule has 0 spiro atoms. The lowest BCUT2D eigenvalue weighted by molar-refractivity contribution is -0.135. The first kappa shape index (κ1) is 9.74. The van der Waals surface area contributed by atoms with E-state index in [-0.39, 0.29) is 5.97 Å². The van der Waals surface area contributed by atoms with Crippen LogP contribution in [0.2, 0.25) is 0 Å². The number of ether oxygens (including phenoxy) is 1. The molecular weight excluding hydrogens is 166 g/mol. The number of carbonyl (C=O) groups is 1. The summed E-state index contributed by atoms with van der Waals surface area (Å²) in [6, 6.07) is 8.39. The van der Waals surface area contributed by atoms with Gasteiger partial charge >= 0.3 is 5.97 Å². The largest absolute Gasteiger partial charge is 0.425 e. The molecule has 0 bridgehead atoms.